The van der Waals surface area contributed by atoms with Gasteiger partial charge in [0.25, 0.3) is 11.8 Å². The quantitative estimate of drug-likeness (QED) is 0.561. The summed E-state index contributed by atoms with van der Waals surface area (Å²) in [5, 5.41) is 0. The summed E-state index contributed by atoms with van der Waals surface area (Å²) >= 11 is 0. The van der Waals surface area contributed by atoms with Crippen LogP contribution in [-0.4, -0.2) is 34.2 Å². The number of hydrogen-bond acceptors (Lipinski definition) is 6. The van der Waals surface area contributed by atoms with Crippen LogP contribution in [0.15, 0.2) is 60.7 Å². The van der Waals surface area contributed by atoms with Gasteiger partial charge in [-0.25, -0.2) is 9.97 Å². The molecule has 0 unspecified atom stereocenters. The molecule has 4 rings (SSSR count). The molecule has 2 aromatic carbocycles. The highest BCUT2D eigenvalue weighted by Crippen LogP contribution is 2.31. The second kappa shape index (κ2) is 6.76. The van der Waals surface area contributed by atoms with Crippen LogP contribution < -0.4 is 9.47 Å². The molecule has 2 heterocycles. The van der Waals surface area contributed by atoms with E-state index in [1.165, 1.54) is 14.2 Å². The summed E-state index contributed by atoms with van der Waals surface area (Å²) in [5.41, 5.74) is 4.20. The third-order valence-corrected chi connectivity index (χ3v) is 3.94. The van der Waals surface area contributed by atoms with Gasteiger partial charge in [0.2, 0.25) is 11.3 Å². The highest BCUT2D eigenvalue weighted by Gasteiger charge is 2.17. The SMILES string of the molecule is COc1nc2nc(-c3ccccc3)c(-c3ccccc3)nc2nc1OC. The molecule has 128 valence electrons. The molecule has 0 fully saturated rings. The van der Waals surface area contributed by atoms with E-state index >= 15 is 0 Å². The van der Waals surface area contributed by atoms with Gasteiger partial charge in [0.05, 0.1) is 25.6 Å². The van der Waals surface area contributed by atoms with Gasteiger partial charge >= 0.3 is 0 Å². The molecule has 6 heteroatoms. The van der Waals surface area contributed by atoms with Crippen molar-refractivity contribution in [1.82, 2.24) is 19.9 Å². The van der Waals surface area contributed by atoms with Crippen LogP contribution >= 0.6 is 0 Å². The molecular formula is C20H16N4O2. The van der Waals surface area contributed by atoms with E-state index in [0.29, 0.717) is 11.3 Å². The molecule has 0 atom stereocenters. The molecule has 2 aromatic heterocycles. The van der Waals surface area contributed by atoms with Crippen molar-refractivity contribution in [1.29, 1.82) is 0 Å². The third kappa shape index (κ3) is 2.82. The van der Waals surface area contributed by atoms with E-state index in [-0.39, 0.29) is 11.8 Å². The lowest BCUT2D eigenvalue weighted by Gasteiger charge is -2.11. The van der Waals surface area contributed by atoms with Crippen LogP contribution in [0, 0.1) is 0 Å². The predicted octanol–water partition coefficient (Wildman–Crippen LogP) is 3.77. The average molecular weight is 344 g/mol. The van der Waals surface area contributed by atoms with Gasteiger partial charge < -0.3 is 9.47 Å². The van der Waals surface area contributed by atoms with Gasteiger partial charge in [0.1, 0.15) is 0 Å². The highest BCUT2D eigenvalue weighted by atomic mass is 16.5. The molecule has 0 bridgehead atoms. The van der Waals surface area contributed by atoms with Gasteiger partial charge in [-0.15, -0.1) is 0 Å². The summed E-state index contributed by atoms with van der Waals surface area (Å²) in [5.74, 6) is 0.557. The maximum atomic E-state index is 5.24. The van der Waals surface area contributed by atoms with Crippen LogP contribution in [-0.2, 0) is 0 Å². The van der Waals surface area contributed by atoms with Crippen LogP contribution in [0.1, 0.15) is 0 Å². The Morgan fingerprint density at radius 1 is 0.538 bits per heavy atom. The van der Waals surface area contributed by atoms with Crippen molar-refractivity contribution in [2.24, 2.45) is 0 Å². The number of fused-ring (bicyclic) bond motifs is 1. The zero-order valence-corrected chi connectivity index (χ0v) is 14.4. The minimum atomic E-state index is 0.278. The summed E-state index contributed by atoms with van der Waals surface area (Å²) in [6.45, 7) is 0. The molecular weight excluding hydrogens is 328 g/mol. The molecule has 0 amide bonds. The van der Waals surface area contributed by atoms with E-state index in [2.05, 4.69) is 9.97 Å². The van der Waals surface area contributed by atoms with E-state index in [0.717, 1.165) is 22.5 Å². The molecule has 26 heavy (non-hydrogen) atoms. The van der Waals surface area contributed by atoms with Crippen molar-refractivity contribution in [2.75, 3.05) is 14.2 Å². The second-order valence-corrected chi connectivity index (χ2v) is 5.54. The van der Waals surface area contributed by atoms with E-state index in [1.807, 2.05) is 60.7 Å². The van der Waals surface area contributed by atoms with Crippen molar-refractivity contribution >= 4 is 11.3 Å². The third-order valence-electron chi connectivity index (χ3n) is 3.94. The van der Waals surface area contributed by atoms with Gasteiger partial charge in [-0.3, -0.25) is 0 Å². The lowest BCUT2D eigenvalue weighted by atomic mass is 10.0. The Bertz CT molecular complexity index is 968. The molecule has 6 nitrogen and oxygen atoms in total. The molecule has 0 N–H and O–H groups in total. The Balaban J connectivity index is 2.03. The number of ether oxygens (including phenoxy) is 2. The zero-order chi connectivity index (χ0) is 17.9. The van der Waals surface area contributed by atoms with Crippen molar-refractivity contribution in [3.8, 4) is 34.3 Å². The monoisotopic (exact) mass is 344 g/mol. The van der Waals surface area contributed by atoms with E-state index in [4.69, 9.17) is 19.4 Å². The maximum absolute atomic E-state index is 5.24. The fourth-order valence-corrected chi connectivity index (χ4v) is 2.72. The van der Waals surface area contributed by atoms with Crippen LogP contribution in [0.5, 0.6) is 11.8 Å². The molecule has 0 aliphatic heterocycles. The topological polar surface area (TPSA) is 70.0 Å². The fraction of sp³-hybridized carbons (Fsp3) is 0.100. The summed E-state index contributed by atoms with van der Waals surface area (Å²) in [4.78, 5) is 18.3. The minimum Gasteiger partial charge on any atom is -0.477 e. The zero-order valence-electron chi connectivity index (χ0n) is 14.4. The van der Waals surface area contributed by atoms with Gasteiger partial charge in [0, 0.05) is 11.1 Å². The van der Waals surface area contributed by atoms with Crippen LogP contribution in [0.4, 0.5) is 0 Å². The van der Waals surface area contributed by atoms with Gasteiger partial charge in [-0.05, 0) is 0 Å². The number of benzene rings is 2. The summed E-state index contributed by atoms with van der Waals surface area (Å²) < 4.78 is 10.5. The molecule has 0 aliphatic carbocycles. The second-order valence-electron chi connectivity index (χ2n) is 5.54. The molecule has 0 spiro atoms. The largest absolute Gasteiger partial charge is 0.477 e. The Labute approximate surface area is 150 Å². The Morgan fingerprint density at radius 2 is 0.923 bits per heavy atom. The highest BCUT2D eigenvalue weighted by molar-refractivity contribution is 5.83. The minimum absolute atomic E-state index is 0.278. The Hall–Kier alpha value is -3.54. The van der Waals surface area contributed by atoms with Crippen molar-refractivity contribution in [3.05, 3.63) is 60.7 Å². The van der Waals surface area contributed by atoms with Crippen molar-refractivity contribution in [3.63, 3.8) is 0 Å². The van der Waals surface area contributed by atoms with Crippen LogP contribution in [0.3, 0.4) is 0 Å². The first-order valence-corrected chi connectivity index (χ1v) is 8.08. The lowest BCUT2D eigenvalue weighted by molar-refractivity contribution is 0.333. The molecule has 4 aromatic rings. The molecule has 0 saturated carbocycles. The fourth-order valence-electron chi connectivity index (χ4n) is 2.72. The van der Waals surface area contributed by atoms with Gasteiger partial charge in [-0.2, -0.15) is 9.97 Å². The number of methoxy groups -OCH3 is 2. The first kappa shape index (κ1) is 16.0. The number of rotatable bonds is 4. The molecule has 0 aliphatic rings. The van der Waals surface area contributed by atoms with Crippen molar-refractivity contribution in [2.45, 2.75) is 0 Å². The predicted molar refractivity (Wildman–Crippen MR) is 99.1 cm³/mol. The summed E-state index contributed by atoms with van der Waals surface area (Å²) in [7, 11) is 3.03. The average Bonchev–Trinajstić information content (AvgIpc) is 2.73. The van der Waals surface area contributed by atoms with Crippen LogP contribution in [0.2, 0.25) is 0 Å². The first-order chi connectivity index (χ1) is 12.8. The van der Waals surface area contributed by atoms with Gasteiger partial charge in [-0.1, -0.05) is 60.7 Å². The van der Waals surface area contributed by atoms with E-state index in [9.17, 15) is 0 Å². The lowest BCUT2D eigenvalue weighted by Crippen LogP contribution is -2.02. The van der Waals surface area contributed by atoms with E-state index < -0.39 is 0 Å². The summed E-state index contributed by atoms with van der Waals surface area (Å²) in [6, 6.07) is 19.8. The van der Waals surface area contributed by atoms with Gasteiger partial charge in [0.15, 0.2) is 0 Å². The first-order valence-electron chi connectivity index (χ1n) is 8.08. The number of hydrogen-bond donors (Lipinski definition) is 0. The Morgan fingerprint density at radius 3 is 1.27 bits per heavy atom. The normalized spacial score (nSPS) is 10.7. The molecule has 0 saturated heterocycles. The number of nitrogens with zero attached hydrogens (tertiary/aromatic N) is 4. The number of aromatic nitrogens is 4. The van der Waals surface area contributed by atoms with E-state index in [1.54, 1.807) is 0 Å². The molecule has 0 radical (unpaired) electrons. The Kier molecular flexibility index (Phi) is 4.15. The summed E-state index contributed by atoms with van der Waals surface area (Å²) in [6.07, 6.45) is 0. The van der Waals surface area contributed by atoms with Crippen LogP contribution in [0.25, 0.3) is 33.8 Å². The van der Waals surface area contributed by atoms with Crippen molar-refractivity contribution < 1.29 is 9.47 Å². The standard InChI is InChI=1S/C20H16N4O2/c1-25-19-20(26-2)24-18-17(23-19)21-15(13-9-5-3-6-10-13)16(22-18)14-11-7-4-8-12-14/h3-12H,1-2H3. The maximum Gasteiger partial charge on any atom is 0.280 e. The smallest absolute Gasteiger partial charge is 0.280 e.